The summed E-state index contributed by atoms with van der Waals surface area (Å²) in [6, 6.07) is 14.2. The van der Waals surface area contributed by atoms with Crippen molar-refractivity contribution >= 4 is 23.6 Å². The molecule has 2 aliphatic rings. The summed E-state index contributed by atoms with van der Waals surface area (Å²) < 4.78 is 0. The summed E-state index contributed by atoms with van der Waals surface area (Å²) in [7, 11) is 0. The molecule has 5 rings (SSSR count). The molecule has 5 N–H and O–H groups in total. The van der Waals surface area contributed by atoms with Gasteiger partial charge >= 0.3 is 0 Å². The van der Waals surface area contributed by atoms with E-state index < -0.39 is 29.9 Å². The van der Waals surface area contributed by atoms with Gasteiger partial charge in [0.1, 0.15) is 23.9 Å². The number of amides is 4. The van der Waals surface area contributed by atoms with E-state index in [1.54, 1.807) is 19.1 Å². The van der Waals surface area contributed by atoms with Crippen LogP contribution in [0.3, 0.4) is 0 Å². The summed E-state index contributed by atoms with van der Waals surface area (Å²) in [5.74, 6) is -0.624. The minimum absolute atomic E-state index is 0.0895. The van der Waals surface area contributed by atoms with Crippen LogP contribution in [0.1, 0.15) is 73.0 Å². The van der Waals surface area contributed by atoms with Gasteiger partial charge in [0.15, 0.2) is 0 Å². The molecule has 11 heteroatoms. The maximum absolute atomic E-state index is 13.7. The molecule has 2 aromatic carbocycles. The lowest BCUT2D eigenvalue weighted by molar-refractivity contribution is -0.132. The first kappa shape index (κ1) is 34.4. The molecule has 0 radical (unpaired) electrons. The maximum atomic E-state index is 13.7. The van der Waals surface area contributed by atoms with Crippen molar-refractivity contribution in [1.82, 2.24) is 36.1 Å². The van der Waals surface area contributed by atoms with Crippen LogP contribution in [0.5, 0.6) is 0 Å². The SMILES string of the molecule is Cc1cnc(CN2CCCCNC(=O)[C@@H](C)NC(=O)[C@H](CC(C)C)NC(=O)[C@@H](Cc3ccccc3)NC(=O)c3ccc(cc3)C2)[nH]1. The highest BCUT2D eigenvalue weighted by Gasteiger charge is 2.29. The summed E-state index contributed by atoms with van der Waals surface area (Å²) in [5, 5.41) is 11.5. The van der Waals surface area contributed by atoms with Crippen molar-refractivity contribution in [2.24, 2.45) is 5.92 Å². The molecule has 11 nitrogen and oxygen atoms in total. The van der Waals surface area contributed by atoms with E-state index in [0.717, 1.165) is 42.0 Å². The first-order chi connectivity index (χ1) is 22.1. The highest BCUT2D eigenvalue weighted by atomic mass is 16.2. The molecular weight excluding hydrogens is 582 g/mol. The topological polar surface area (TPSA) is 148 Å². The maximum Gasteiger partial charge on any atom is 0.251 e. The molecule has 246 valence electrons. The normalized spacial score (nSPS) is 21.2. The van der Waals surface area contributed by atoms with E-state index in [9.17, 15) is 19.2 Å². The fourth-order valence-corrected chi connectivity index (χ4v) is 5.47. The van der Waals surface area contributed by atoms with Crippen molar-refractivity contribution in [2.75, 3.05) is 13.1 Å². The quantitative estimate of drug-likeness (QED) is 0.265. The van der Waals surface area contributed by atoms with Crippen molar-refractivity contribution in [2.45, 2.75) is 84.6 Å². The van der Waals surface area contributed by atoms with Crippen molar-refractivity contribution < 1.29 is 19.2 Å². The Morgan fingerprint density at radius 2 is 1.59 bits per heavy atom. The number of benzene rings is 2. The molecule has 0 saturated heterocycles. The van der Waals surface area contributed by atoms with Crippen LogP contribution in [-0.2, 0) is 33.9 Å². The third kappa shape index (κ3) is 10.5. The zero-order valence-electron chi connectivity index (χ0n) is 27.3. The van der Waals surface area contributed by atoms with Crippen LogP contribution >= 0.6 is 0 Å². The molecule has 46 heavy (non-hydrogen) atoms. The second-order valence-corrected chi connectivity index (χ2v) is 12.6. The number of aromatic amines is 1. The summed E-state index contributed by atoms with van der Waals surface area (Å²) >= 11 is 0. The monoisotopic (exact) mass is 629 g/mol. The lowest BCUT2D eigenvalue weighted by atomic mass is 10.0. The number of fused-ring (bicyclic) bond motifs is 18. The fraction of sp³-hybridized carbons (Fsp3) is 0.457. The smallest absolute Gasteiger partial charge is 0.251 e. The molecule has 0 aliphatic carbocycles. The van der Waals surface area contributed by atoms with E-state index in [1.807, 2.05) is 69.4 Å². The van der Waals surface area contributed by atoms with Gasteiger partial charge in [0.2, 0.25) is 17.7 Å². The van der Waals surface area contributed by atoms with Crippen LogP contribution in [0.25, 0.3) is 0 Å². The Bertz CT molecular complexity index is 1460. The Morgan fingerprint density at radius 3 is 2.26 bits per heavy atom. The number of nitrogens with one attached hydrogen (secondary N) is 5. The number of carbonyl (C=O) groups excluding carboxylic acids is 4. The molecule has 0 saturated carbocycles. The van der Waals surface area contributed by atoms with Gasteiger partial charge in [-0.15, -0.1) is 0 Å². The molecule has 3 heterocycles. The molecule has 0 spiro atoms. The van der Waals surface area contributed by atoms with Crippen molar-refractivity contribution in [3.8, 4) is 0 Å². The minimum Gasteiger partial charge on any atom is -0.354 e. The zero-order valence-corrected chi connectivity index (χ0v) is 27.3. The van der Waals surface area contributed by atoms with E-state index >= 15 is 0 Å². The third-order valence-corrected chi connectivity index (χ3v) is 7.95. The molecular formula is C35H47N7O4. The molecule has 1 aromatic heterocycles. The Morgan fingerprint density at radius 1 is 0.870 bits per heavy atom. The highest BCUT2D eigenvalue weighted by molar-refractivity contribution is 5.98. The van der Waals surface area contributed by atoms with Gasteiger partial charge in [-0.2, -0.15) is 0 Å². The average Bonchev–Trinajstić information content (AvgIpc) is 3.44. The van der Waals surface area contributed by atoms with Crippen LogP contribution in [0.15, 0.2) is 60.8 Å². The second kappa shape index (κ2) is 16.7. The van der Waals surface area contributed by atoms with E-state index in [2.05, 4.69) is 36.1 Å². The van der Waals surface area contributed by atoms with Gasteiger partial charge in [-0.3, -0.25) is 24.1 Å². The number of hydrogen-bond donors (Lipinski definition) is 5. The summed E-state index contributed by atoms with van der Waals surface area (Å²) in [5.41, 5.74) is 3.33. The van der Waals surface area contributed by atoms with Gasteiger partial charge in [-0.1, -0.05) is 56.3 Å². The zero-order chi connectivity index (χ0) is 33.1. The molecule has 2 bridgehead atoms. The van der Waals surface area contributed by atoms with Crippen molar-refractivity contribution in [3.05, 3.63) is 89.0 Å². The van der Waals surface area contributed by atoms with Gasteiger partial charge in [-0.05, 0) is 68.8 Å². The Balaban J connectivity index is 1.59. The van der Waals surface area contributed by atoms with E-state index in [1.165, 1.54) is 0 Å². The molecule has 3 aromatic rings. The van der Waals surface area contributed by atoms with Gasteiger partial charge < -0.3 is 26.3 Å². The van der Waals surface area contributed by atoms with Gasteiger partial charge in [0, 0.05) is 37.0 Å². The highest BCUT2D eigenvalue weighted by Crippen LogP contribution is 2.13. The summed E-state index contributed by atoms with van der Waals surface area (Å²) in [4.78, 5) is 63.4. The third-order valence-electron chi connectivity index (χ3n) is 7.95. The predicted molar refractivity (Wildman–Crippen MR) is 177 cm³/mol. The fourth-order valence-electron chi connectivity index (χ4n) is 5.47. The van der Waals surface area contributed by atoms with E-state index in [-0.39, 0.29) is 24.2 Å². The number of nitrogens with zero attached hydrogens (tertiary/aromatic N) is 2. The Labute approximate surface area is 271 Å². The average molecular weight is 630 g/mol. The Kier molecular flexibility index (Phi) is 12.5. The first-order valence-corrected chi connectivity index (χ1v) is 16.1. The van der Waals surface area contributed by atoms with Crippen molar-refractivity contribution in [1.29, 1.82) is 0 Å². The summed E-state index contributed by atoms with van der Waals surface area (Å²) in [6.45, 7) is 10.0. The van der Waals surface area contributed by atoms with Crippen LogP contribution in [0.2, 0.25) is 0 Å². The first-order valence-electron chi connectivity index (χ1n) is 16.1. The molecule has 0 unspecified atom stereocenters. The van der Waals surface area contributed by atoms with Crippen molar-refractivity contribution in [3.63, 3.8) is 0 Å². The number of H-pyrrole nitrogens is 1. The van der Waals surface area contributed by atoms with Gasteiger partial charge in [0.05, 0.1) is 6.54 Å². The van der Waals surface area contributed by atoms with Crippen LogP contribution in [-0.4, -0.2) is 69.7 Å². The molecule has 3 atom stereocenters. The van der Waals surface area contributed by atoms with Gasteiger partial charge in [0.25, 0.3) is 5.91 Å². The standard InChI is InChI=1S/C35H47N7O4/c1-23(2)18-29-34(45)39-25(4)32(43)36-16-8-9-17-42(22-31-37-20-24(3)38-31)21-27-12-14-28(15-13-27)33(44)40-30(35(46)41-29)19-26-10-6-5-7-11-26/h5-7,10-15,20,23,25,29-30H,8-9,16-19,21-22H2,1-4H3,(H,36,43)(H,37,38)(H,39,45)(H,40,44)(H,41,46)/t25-,29+,30-/m1/s1. The lowest BCUT2D eigenvalue weighted by Crippen LogP contribution is -2.57. The predicted octanol–water partition coefficient (Wildman–Crippen LogP) is 3.01. The molecule has 0 fully saturated rings. The van der Waals surface area contributed by atoms with E-state index in [4.69, 9.17) is 0 Å². The lowest BCUT2D eigenvalue weighted by Gasteiger charge is -2.25. The van der Waals surface area contributed by atoms with E-state index in [0.29, 0.717) is 31.6 Å². The number of hydrogen-bond acceptors (Lipinski definition) is 6. The number of carbonyl (C=O) groups is 4. The second-order valence-electron chi connectivity index (χ2n) is 12.6. The van der Waals surface area contributed by atoms with Crippen LogP contribution in [0, 0.1) is 12.8 Å². The number of aromatic nitrogens is 2. The number of imidazole rings is 1. The number of aryl methyl sites for hydroxylation is 1. The van der Waals surface area contributed by atoms with Gasteiger partial charge in [-0.25, -0.2) is 4.98 Å². The van der Waals surface area contributed by atoms with Crippen LogP contribution in [0.4, 0.5) is 0 Å². The minimum atomic E-state index is -0.931. The summed E-state index contributed by atoms with van der Waals surface area (Å²) in [6.07, 6.45) is 4.02. The largest absolute Gasteiger partial charge is 0.354 e. The molecule has 4 amide bonds. The van der Waals surface area contributed by atoms with Crippen LogP contribution < -0.4 is 21.3 Å². The molecule has 2 aliphatic heterocycles. The number of rotatable bonds is 6. The Hall–Kier alpha value is -4.51.